The molecule has 0 radical (unpaired) electrons. The van der Waals surface area contributed by atoms with Gasteiger partial charge in [0.1, 0.15) is 11.5 Å². The van der Waals surface area contributed by atoms with Gasteiger partial charge in [-0.1, -0.05) is 24.3 Å². The van der Waals surface area contributed by atoms with E-state index >= 15 is 0 Å². The largest absolute Gasteiger partial charge is 0.496 e. The van der Waals surface area contributed by atoms with Gasteiger partial charge < -0.3 is 29.7 Å². The lowest BCUT2D eigenvalue weighted by Gasteiger charge is -2.27. The number of hydrogen-bond donors (Lipinski definition) is 2. The lowest BCUT2D eigenvalue weighted by atomic mass is 10.0. The third kappa shape index (κ3) is 8.92. The molecule has 8 heteroatoms. The molecule has 0 bridgehead atoms. The van der Waals surface area contributed by atoms with Crippen LogP contribution < -0.4 is 20.1 Å². The summed E-state index contributed by atoms with van der Waals surface area (Å²) in [5.74, 6) is 2.37. The zero-order valence-electron chi connectivity index (χ0n) is 19.1. The van der Waals surface area contributed by atoms with Gasteiger partial charge >= 0.3 is 0 Å². The number of nitrogens with one attached hydrogen (secondary N) is 2. The molecule has 1 atom stereocenters. The number of rotatable bonds is 11. The third-order valence-corrected chi connectivity index (χ3v) is 4.67. The molecule has 7 nitrogen and oxygen atoms in total. The fourth-order valence-electron chi connectivity index (χ4n) is 3.08. The molecule has 0 heterocycles. The molecule has 0 aromatic heterocycles. The molecule has 2 aromatic rings. The molecular weight excluding hydrogens is 507 g/mol. The number of likely N-dealkylation sites (N-methyl/N-ethyl adjacent to an activating group) is 1. The van der Waals surface area contributed by atoms with Crippen molar-refractivity contribution in [3.63, 3.8) is 0 Å². The molecule has 0 saturated carbocycles. The average molecular weight is 542 g/mol. The highest BCUT2D eigenvalue weighted by atomic mass is 127. The first-order valence-electron chi connectivity index (χ1n) is 10.1. The Hall–Kier alpha value is -2.04. The maximum absolute atomic E-state index is 5.78. The van der Waals surface area contributed by atoms with E-state index in [4.69, 9.17) is 14.2 Å². The predicted molar refractivity (Wildman–Crippen MR) is 138 cm³/mol. The summed E-state index contributed by atoms with van der Waals surface area (Å²) in [6, 6.07) is 16.0. The molecular formula is C23H35IN4O3. The van der Waals surface area contributed by atoms with Crippen molar-refractivity contribution >= 4 is 35.6 Å². The molecule has 0 aliphatic carbocycles. The van der Waals surface area contributed by atoms with Gasteiger partial charge in [-0.25, -0.2) is 0 Å². The highest BCUT2D eigenvalue weighted by Crippen LogP contribution is 2.27. The Morgan fingerprint density at radius 3 is 2.52 bits per heavy atom. The quantitative estimate of drug-likeness (QED) is 0.194. The fraction of sp³-hybridized carbons (Fsp3) is 0.435. The van der Waals surface area contributed by atoms with Gasteiger partial charge in [0.2, 0.25) is 0 Å². The van der Waals surface area contributed by atoms with Gasteiger partial charge in [-0.15, -0.1) is 24.0 Å². The van der Waals surface area contributed by atoms with Crippen molar-refractivity contribution in [3.05, 3.63) is 54.1 Å². The first kappa shape index (κ1) is 27.0. The molecule has 31 heavy (non-hydrogen) atoms. The second kappa shape index (κ2) is 14.9. The molecule has 2 N–H and O–H groups in total. The number of aliphatic imine (C=N–C) groups is 1. The Balaban J connectivity index is 0.00000480. The monoisotopic (exact) mass is 542 g/mol. The van der Waals surface area contributed by atoms with Crippen LogP contribution in [0.4, 0.5) is 5.69 Å². The summed E-state index contributed by atoms with van der Waals surface area (Å²) in [7, 11) is 9.26. The van der Waals surface area contributed by atoms with Crippen molar-refractivity contribution < 1.29 is 14.2 Å². The Bertz CT molecular complexity index is 802. The van der Waals surface area contributed by atoms with Crippen LogP contribution in [0.5, 0.6) is 11.5 Å². The molecule has 2 aromatic carbocycles. The van der Waals surface area contributed by atoms with E-state index in [9.17, 15) is 0 Å². The lowest BCUT2D eigenvalue weighted by Crippen LogP contribution is -2.38. The normalized spacial score (nSPS) is 12.1. The number of guanidine groups is 1. The van der Waals surface area contributed by atoms with Crippen molar-refractivity contribution in [2.45, 2.75) is 12.5 Å². The van der Waals surface area contributed by atoms with Crippen LogP contribution in [0.3, 0.4) is 0 Å². The highest BCUT2D eigenvalue weighted by Gasteiger charge is 2.18. The Morgan fingerprint density at radius 1 is 1.06 bits per heavy atom. The van der Waals surface area contributed by atoms with Gasteiger partial charge in [-0.3, -0.25) is 4.99 Å². The van der Waals surface area contributed by atoms with Gasteiger partial charge in [0.25, 0.3) is 0 Å². The maximum atomic E-state index is 5.78. The summed E-state index contributed by atoms with van der Waals surface area (Å²) in [5.41, 5.74) is 2.03. The van der Waals surface area contributed by atoms with Crippen LogP contribution in [0.2, 0.25) is 0 Å². The van der Waals surface area contributed by atoms with Gasteiger partial charge in [0.05, 0.1) is 19.8 Å². The SMILES string of the molecule is CN=C(NCC(c1ccccc1OC)N(C)C)Nc1cccc(OCCCOC)c1.I. The molecule has 0 spiro atoms. The molecule has 1 unspecified atom stereocenters. The summed E-state index contributed by atoms with van der Waals surface area (Å²) in [6.07, 6.45) is 0.853. The lowest BCUT2D eigenvalue weighted by molar-refractivity contribution is 0.172. The van der Waals surface area contributed by atoms with Crippen molar-refractivity contribution in [2.75, 3.05) is 60.4 Å². The molecule has 0 aliphatic heterocycles. The highest BCUT2D eigenvalue weighted by molar-refractivity contribution is 14.0. The van der Waals surface area contributed by atoms with Crippen LogP contribution in [0, 0.1) is 0 Å². The predicted octanol–water partition coefficient (Wildman–Crippen LogP) is 4.02. The van der Waals surface area contributed by atoms with E-state index in [1.54, 1.807) is 21.3 Å². The summed E-state index contributed by atoms with van der Waals surface area (Å²) >= 11 is 0. The van der Waals surface area contributed by atoms with E-state index in [-0.39, 0.29) is 30.0 Å². The smallest absolute Gasteiger partial charge is 0.195 e. The van der Waals surface area contributed by atoms with Crippen LogP contribution in [-0.4, -0.2) is 66.0 Å². The number of para-hydroxylation sites is 1. The number of anilines is 1. The summed E-state index contributed by atoms with van der Waals surface area (Å²) < 4.78 is 16.4. The molecule has 0 amide bonds. The number of benzene rings is 2. The van der Waals surface area contributed by atoms with Gasteiger partial charge in [0, 0.05) is 51.0 Å². The van der Waals surface area contributed by atoms with Crippen molar-refractivity contribution in [1.29, 1.82) is 0 Å². The van der Waals surface area contributed by atoms with Crippen LogP contribution in [0.25, 0.3) is 0 Å². The molecule has 172 valence electrons. The van der Waals surface area contributed by atoms with E-state index in [1.165, 1.54) is 0 Å². The molecule has 0 aliphatic rings. The first-order chi connectivity index (χ1) is 14.6. The van der Waals surface area contributed by atoms with E-state index in [0.29, 0.717) is 25.7 Å². The minimum absolute atomic E-state index is 0. The Labute approximate surface area is 203 Å². The summed E-state index contributed by atoms with van der Waals surface area (Å²) in [6.45, 7) is 1.97. The van der Waals surface area contributed by atoms with E-state index in [0.717, 1.165) is 29.2 Å². The second-order valence-electron chi connectivity index (χ2n) is 7.02. The van der Waals surface area contributed by atoms with E-state index in [2.05, 4.69) is 40.7 Å². The molecule has 2 rings (SSSR count). The maximum Gasteiger partial charge on any atom is 0.195 e. The van der Waals surface area contributed by atoms with E-state index < -0.39 is 0 Å². The minimum atomic E-state index is 0. The molecule has 0 fully saturated rings. The Kier molecular flexibility index (Phi) is 13.0. The number of nitrogens with zero attached hydrogens (tertiary/aromatic N) is 2. The van der Waals surface area contributed by atoms with Gasteiger partial charge in [0.15, 0.2) is 5.96 Å². The standard InChI is InChI=1S/C23H34N4O3.HI/c1-24-23(26-18-10-8-11-19(16-18)30-15-9-14-28-4)25-17-21(27(2)3)20-12-6-7-13-22(20)29-5;/h6-8,10-13,16,21H,9,14-15,17H2,1-5H3,(H2,24,25,26);1H. The number of hydrogen-bond acceptors (Lipinski definition) is 5. The van der Waals surface area contributed by atoms with Gasteiger partial charge in [-0.05, 0) is 32.3 Å². The van der Waals surface area contributed by atoms with Gasteiger partial charge in [-0.2, -0.15) is 0 Å². The van der Waals surface area contributed by atoms with Crippen molar-refractivity contribution in [1.82, 2.24) is 10.2 Å². The topological polar surface area (TPSA) is 67.4 Å². The number of ether oxygens (including phenoxy) is 3. The van der Waals surface area contributed by atoms with Crippen LogP contribution in [0.1, 0.15) is 18.0 Å². The third-order valence-electron chi connectivity index (χ3n) is 4.67. The van der Waals surface area contributed by atoms with Crippen LogP contribution in [0.15, 0.2) is 53.5 Å². The van der Waals surface area contributed by atoms with E-state index in [1.807, 2.05) is 42.5 Å². The number of halogens is 1. The zero-order valence-corrected chi connectivity index (χ0v) is 21.4. The Morgan fingerprint density at radius 2 is 1.84 bits per heavy atom. The molecule has 0 saturated heterocycles. The minimum Gasteiger partial charge on any atom is -0.496 e. The second-order valence-corrected chi connectivity index (χ2v) is 7.02. The first-order valence-corrected chi connectivity index (χ1v) is 10.1. The van der Waals surface area contributed by atoms with Crippen molar-refractivity contribution in [3.8, 4) is 11.5 Å². The number of methoxy groups -OCH3 is 2. The average Bonchev–Trinajstić information content (AvgIpc) is 2.76. The summed E-state index contributed by atoms with van der Waals surface area (Å²) in [4.78, 5) is 6.51. The van der Waals surface area contributed by atoms with Crippen LogP contribution in [-0.2, 0) is 4.74 Å². The van der Waals surface area contributed by atoms with Crippen LogP contribution >= 0.6 is 24.0 Å². The zero-order chi connectivity index (χ0) is 21.8. The van der Waals surface area contributed by atoms with Crippen molar-refractivity contribution in [2.24, 2.45) is 4.99 Å². The summed E-state index contributed by atoms with van der Waals surface area (Å²) in [5, 5.41) is 6.74. The fourth-order valence-corrected chi connectivity index (χ4v) is 3.08.